The first-order valence-corrected chi connectivity index (χ1v) is 7.92. The third-order valence-corrected chi connectivity index (χ3v) is 4.00. The molecule has 4 nitrogen and oxygen atoms in total. The summed E-state index contributed by atoms with van der Waals surface area (Å²) in [6.07, 6.45) is 11.9. The van der Waals surface area contributed by atoms with Gasteiger partial charge < -0.3 is 14.1 Å². The highest BCUT2D eigenvalue weighted by Gasteiger charge is 2.04. The van der Waals surface area contributed by atoms with Crippen LogP contribution in [0.3, 0.4) is 0 Å². The predicted molar refractivity (Wildman–Crippen MR) is 92.6 cm³/mol. The van der Waals surface area contributed by atoms with Crippen LogP contribution in [0.5, 0.6) is 0 Å². The molecule has 4 rings (SSSR count). The molecule has 0 fully saturated rings. The van der Waals surface area contributed by atoms with Crippen molar-refractivity contribution in [2.24, 2.45) is 7.05 Å². The third-order valence-electron chi connectivity index (χ3n) is 4.00. The molecule has 0 radical (unpaired) electrons. The van der Waals surface area contributed by atoms with E-state index >= 15 is 0 Å². The largest absolute Gasteiger partial charge is 0.360 e. The van der Waals surface area contributed by atoms with Crippen LogP contribution in [0.15, 0.2) is 73.3 Å². The summed E-state index contributed by atoms with van der Waals surface area (Å²) in [6.45, 7) is 0. The Bertz CT molecular complexity index is 951. The van der Waals surface area contributed by atoms with Crippen molar-refractivity contribution in [3.05, 3.63) is 90.8 Å². The highest BCUT2D eigenvalue weighted by atomic mass is 15.1. The molecule has 0 aliphatic carbocycles. The molecule has 0 aliphatic heterocycles. The lowest BCUT2D eigenvalue weighted by molar-refractivity contribution is -0.674. The fourth-order valence-corrected chi connectivity index (χ4v) is 2.82. The molecule has 4 heteroatoms. The van der Waals surface area contributed by atoms with Gasteiger partial charge in [-0.3, -0.25) is 4.98 Å². The van der Waals surface area contributed by atoms with Gasteiger partial charge in [0, 0.05) is 24.8 Å². The Labute approximate surface area is 141 Å². The molecule has 1 N–H and O–H groups in total. The van der Waals surface area contributed by atoms with E-state index in [1.807, 2.05) is 53.1 Å². The Morgan fingerprint density at radius 2 is 2.04 bits per heavy atom. The number of pyridine rings is 1. The van der Waals surface area contributed by atoms with Gasteiger partial charge in [0.1, 0.15) is 0 Å². The van der Waals surface area contributed by atoms with Crippen LogP contribution in [0.2, 0.25) is 0 Å². The van der Waals surface area contributed by atoms with Crippen LogP contribution < -0.4 is 4.57 Å². The van der Waals surface area contributed by atoms with Crippen molar-refractivity contribution < 1.29 is 4.57 Å². The van der Waals surface area contributed by atoms with Crippen LogP contribution in [0.4, 0.5) is 0 Å². The molecule has 1 aromatic carbocycles. The van der Waals surface area contributed by atoms with Crippen LogP contribution in [0, 0.1) is 6.33 Å². The SMILES string of the molecule is C[n+]1[c-]n(-c2cccc(Cc3ccnc(-c4ccc[nH]4)c3)c2)cc1. The van der Waals surface area contributed by atoms with Gasteiger partial charge >= 0.3 is 0 Å². The summed E-state index contributed by atoms with van der Waals surface area (Å²) in [7, 11) is 1.97. The van der Waals surface area contributed by atoms with Crippen molar-refractivity contribution in [2.75, 3.05) is 0 Å². The predicted octanol–water partition coefficient (Wildman–Crippen LogP) is 3.08. The number of nitrogens with one attached hydrogen (secondary N) is 1. The summed E-state index contributed by atoms with van der Waals surface area (Å²) < 4.78 is 3.92. The van der Waals surface area contributed by atoms with Crippen molar-refractivity contribution >= 4 is 0 Å². The standard InChI is InChI=1S/C20H18N4/c1-23-10-11-24(15-23)18-5-2-4-16(13-18)12-17-7-9-22-20(14-17)19-6-3-8-21-19/h2-11,13-14,21H,12H2,1H3. The van der Waals surface area contributed by atoms with Crippen molar-refractivity contribution in [2.45, 2.75) is 6.42 Å². The molecule has 0 spiro atoms. The second-order valence-electron chi connectivity index (χ2n) is 5.86. The molecule has 0 bridgehead atoms. The zero-order chi connectivity index (χ0) is 16.4. The van der Waals surface area contributed by atoms with E-state index in [1.165, 1.54) is 11.1 Å². The molecule has 118 valence electrons. The van der Waals surface area contributed by atoms with Gasteiger partial charge in [0.05, 0.1) is 24.1 Å². The van der Waals surface area contributed by atoms with Gasteiger partial charge in [-0.15, -0.1) is 0 Å². The summed E-state index contributed by atoms with van der Waals surface area (Å²) in [5, 5.41) is 0. The number of hydrogen-bond donors (Lipinski definition) is 1. The summed E-state index contributed by atoms with van der Waals surface area (Å²) in [5.74, 6) is 0. The lowest BCUT2D eigenvalue weighted by Gasteiger charge is -2.08. The van der Waals surface area contributed by atoms with E-state index < -0.39 is 0 Å². The number of imidazole rings is 1. The van der Waals surface area contributed by atoms with E-state index in [2.05, 4.69) is 52.7 Å². The van der Waals surface area contributed by atoms with Gasteiger partial charge in [0.15, 0.2) is 0 Å². The molecular weight excluding hydrogens is 296 g/mol. The van der Waals surface area contributed by atoms with Gasteiger partial charge in [-0.2, -0.15) is 0 Å². The lowest BCUT2D eigenvalue weighted by Crippen LogP contribution is -2.24. The Hall–Kier alpha value is -3.14. The maximum Gasteiger partial charge on any atom is 0.243 e. The highest BCUT2D eigenvalue weighted by Crippen LogP contribution is 2.18. The molecule has 24 heavy (non-hydrogen) atoms. The monoisotopic (exact) mass is 314 g/mol. The van der Waals surface area contributed by atoms with E-state index in [-0.39, 0.29) is 0 Å². The molecular formula is C20H18N4. The Balaban J connectivity index is 1.61. The number of hydrogen-bond acceptors (Lipinski definition) is 1. The molecule has 0 amide bonds. The summed E-state index contributed by atoms with van der Waals surface area (Å²) in [6, 6.07) is 16.8. The van der Waals surface area contributed by atoms with Crippen molar-refractivity contribution in [3.63, 3.8) is 0 Å². The Morgan fingerprint density at radius 1 is 1.12 bits per heavy atom. The fourth-order valence-electron chi connectivity index (χ4n) is 2.82. The molecule has 3 aromatic heterocycles. The number of aromatic amines is 1. The zero-order valence-corrected chi connectivity index (χ0v) is 13.5. The molecule has 0 saturated heterocycles. The summed E-state index contributed by atoms with van der Waals surface area (Å²) in [5.41, 5.74) is 5.64. The van der Waals surface area contributed by atoms with Crippen LogP contribution in [0.25, 0.3) is 17.1 Å². The number of H-pyrrole nitrogens is 1. The normalized spacial score (nSPS) is 10.9. The minimum absolute atomic E-state index is 0.872. The first kappa shape index (κ1) is 14.5. The molecule has 0 saturated carbocycles. The van der Waals surface area contributed by atoms with Gasteiger partial charge in [-0.1, -0.05) is 24.3 Å². The maximum absolute atomic E-state index is 4.45. The quantitative estimate of drug-likeness (QED) is 0.456. The molecule has 4 aromatic rings. The van der Waals surface area contributed by atoms with Crippen LogP contribution >= 0.6 is 0 Å². The van der Waals surface area contributed by atoms with Crippen molar-refractivity contribution in [3.8, 4) is 17.1 Å². The lowest BCUT2D eigenvalue weighted by atomic mass is 10.0. The molecule has 3 heterocycles. The van der Waals surface area contributed by atoms with E-state index in [4.69, 9.17) is 0 Å². The van der Waals surface area contributed by atoms with Gasteiger partial charge in [0.2, 0.25) is 6.33 Å². The van der Waals surface area contributed by atoms with E-state index in [1.54, 1.807) is 0 Å². The van der Waals surface area contributed by atoms with Crippen molar-refractivity contribution in [1.82, 2.24) is 14.5 Å². The maximum atomic E-state index is 4.45. The number of rotatable bonds is 4. The Morgan fingerprint density at radius 3 is 2.83 bits per heavy atom. The topological polar surface area (TPSA) is 37.5 Å². The average Bonchev–Trinajstić information content (AvgIpc) is 3.27. The smallest absolute Gasteiger partial charge is 0.243 e. The third kappa shape index (κ3) is 2.99. The summed E-state index contributed by atoms with van der Waals surface area (Å²) in [4.78, 5) is 7.65. The number of aryl methyl sites for hydroxylation is 1. The van der Waals surface area contributed by atoms with E-state index in [0.29, 0.717) is 0 Å². The molecule has 0 aliphatic rings. The number of aromatic nitrogens is 4. The second kappa shape index (κ2) is 6.16. The summed E-state index contributed by atoms with van der Waals surface area (Å²) >= 11 is 0. The average molecular weight is 314 g/mol. The first-order valence-electron chi connectivity index (χ1n) is 7.92. The fraction of sp³-hybridized carbons (Fsp3) is 0.100. The second-order valence-corrected chi connectivity index (χ2v) is 5.86. The van der Waals surface area contributed by atoms with Gasteiger partial charge in [-0.25, -0.2) is 0 Å². The molecule has 0 unspecified atom stereocenters. The van der Waals surface area contributed by atoms with Gasteiger partial charge in [-0.05, 0) is 41.8 Å². The van der Waals surface area contributed by atoms with E-state index in [9.17, 15) is 0 Å². The highest BCUT2D eigenvalue weighted by molar-refractivity contribution is 5.55. The van der Waals surface area contributed by atoms with Crippen LogP contribution in [-0.2, 0) is 13.5 Å². The minimum atomic E-state index is 0.872. The number of nitrogens with zero attached hydrogens (tertiary/aromatic N) is 3. The van der Waals surface area contributed by atoms with Crippen molar-refractivity contribution in [1.29, 1.82) is 0 Å². The Kier molecular flexibility index (Phi) is 3.71. The zero-order valence-electron chi connectivity index (χ0n) is 13.5. The molecule has 0 atom stereocenters. The van der Waals surface area contributed by atoms with Gasteiger partial charge in [0.25, 0.3) is 0 Å². The van der Waals surface area contributed by atoms with Crippen LogP contribution in [-0.4, -0.2) is 14.5 Å². The van der Waals surface area contributed by atoms with E-state index in [0.717, 1.165) is 23.5 Å². The first-order chi connectivity index (χ1) is 11.8. The minimum Gasteiger partial charge on any atom is -0.360 e. The van der Waals surface area contributed by atoms with Crippen LogP contribution in [0.1, 0.15) is 11.1 Å². The number of benzene rings is 1.